The number of benzene rings is 1. The minimum absolute atomic E-state index is 0.00978. The zero-order valence-corrected chi connectivity index (χ0v) is 16.8. The normalized spacial score (nSPS) is 12.4. The lowest BCUT2D eigenvalue weighted by molar-refractivity contribution is 0.0498. The Morgan fingerprint density at radius 3 is 2.39 bits per heavy atom. The van der Waals surface area contributed by atoms with Crippen molar-refractivity contribution in [3.63, 3.8) is 0 Å². The van der Waals surface area contributed by atoms with E-state index in [0.717, 1.165) is 18.2 Å². The summed E-state index contributed by atoms with van der Waals surface area (Å²) in [6, 6.07) is 3.08. The van der Waals surface area contributed by atoms with Crippen LogP contribution in [-0.2, 0) is 11.3 Å². The quantitative estimate of drug-likeness (QED) is 0.520. The number of carbonyl (C=O) groups is 2. The van der Waals surface area contributed by atoms with Gasteiger partial charge in [0, 0.05) is 6.07 Å². The molecule has 152 valence electrons. The van der Waals surface area contributed by atoms with Crippen LogP contribution in [-0.4, -0.2) is 33.3 Å². The Kier molecular flexibility index (Phi) is 6.65. The van der Waals surface area contributed by atoms with Gasteiger partial charge < -0.3 is 19.9 Å². The summed E-state index contributed by atoms with van der Waals surface area (Å²) in [7, 11) is 0. The first-order valence-corrected chi connectivity index (χ1v) is 8.89. The van der Waals surface area contributed by atoms with Crippen molar-refractivity contribution in [2.45, 2.75) is 51.2 Å². The first-order valence-electron chi connectivity index (χ1n) is 8.44. The van der Waals surface area contributed by atoms with E-state index >= 15 is 0 Å². The molecule has 0 saturated carbocycles. The third-order valence-corrected chi connectivity index (χ3v) is 3.77. The number of halogens is 2. The third kappa shape index (κ3) is 6.22. The van der Waals surface area contributed by atoms with Crippen LogP contribution in [0.2, 0.25) is 0 Å². The number of rotatable bonds is 5. The van der Waals surface area contributed by atoms with Crippen LogP contribution in [0, 0.1) is 11.6 Å². The molecular weight excluding hydrogens is 390 g/mol. The molecule has 0 aliphatic carbocycles. The molecule has 2 rings (SSSR count). The highest BCUT2D eigenvalue weighted by molar-refractivity contribution is 7.80. The Balaban J connectivity index is 2.09. The average Bonchev–Trinajstić information content (AvgIpc) is 2.85. The zero-order chi connectivity index (χ0) is 21.1. The van der Waals surface area contributed by atoms with Crippen molar-refractivity contribution in [1.82, 2.24) is 20.2 Å². The molecule has 7 nitrogen and oxygen atoms in total. The molecular formula is C18H22F2N4O3S. The van der Waals surface area contributed by atoms with Gasteiger partial charge in [-0.1, -0.05) is 0 Å². The molecule has 0 fully saturated rings. The number of imidazole rings is 1. The summed E-state index contributed by atoms with van der Waals surface area (Å²) in [5.41, 5.74) is -0.250. The van der Waals surface area contributed by atoms with E-state index in [0.29, 0.717) is 5.56 Å². The monoisotopic (exact) mass is 412 g/mol. The Labute approximate surface area is 166 Å². The molecule has 0 aliphatic rings. The molecule has 0 radical (unpaired) electrons. The van der Waals surface area contributed by atoms with E-state index in [1.165, 1.54) is 10.8 Å². The lowest BCUT2D eigenvalue weighted by atomic mass is 10.2. The first-order chi connectivity index (χ1) is 12.9. The zero-order valence-electron chi connectivity index (χ0n) is 15.9. The fraction of sp³-hybridized carbons (Fsp3) is 0.389. The molecule has 1 aromatic carbocycles. The molecule has 1 aromatic heterocycles. The van der Waals surface area contributed by atoms with Gasteiger partial charge >= 0.3 is 6.09 Å². The summed E-state index contributed by atoms with van der Waals surface area (Å²) in [5.74, 6) is -2.00. The van der Waals surface area contributed by atoms with Crippen molar-refractivity contribution in [3.8, 4) is 0 Å². The van der Waals surface area contributed by atoms with Crippen molar-refractivity contribution in [3.05, 3.63) is 47.3 Å². The van der Waals surface area contributed by atoms with Crippen LogP contribution in [0.1, 0.15) is 43.7 Å². The van der Waals surface area contributed by atoms with Gasteiger partial charge in [0.2, 0.25) is 0 Å². The van der Waals surface area contributed by atoms with Crippen LogP contribution >= 0.6 is 12.6 Å². The van der Waals surface area contributed by atoms with Crippen LogP contribution in [0.15, 0.2) is 29.6 Å². The van der Waals surface area contributed by atoms with Crippen molar-refractivity contribution in [1.29, 1.82) is 0 Å². The Hall–Kier alpha value is -2.62. The topological polar surface area (TPSA) is 85.2 Å². The number of nitrogens with one attached hydrogen (secondary N) is 2. The standard InChI is InChI=1S/C18H22F2N4O3S/c1-10(23-17(26)27-18(2,3)4)22-15(25)14-8-21-16(28)24(14)9-11-5-12(19)7-13(20)6-11/h5-8,10H,9H2,1-4H3,(H,21,28)(H,22,25)(H,23,26). The Morgan fingerprint density at radius 2 is 1.82 bits per heavy atom. The molecule has 1 atom stereocenters. The minimum atomic E-state index is -0.735. The molecule has 0 aliphatic heterocycles. The number of amides is 2. The molecule has 0 spiro atoms. The highest BCUT2D eigenvalue weighted by atomic mass is 32.1. The molecule has 28 heavy (non-hydrogen) atoms. The summed E-state index contributed by atoms with van der Waals surface area (Å²) in [5, 5.41) is 5.27. The Morgan fingerprint density at radius 1 is 1.21 bits per heavy atom. The van der Waals surface area contributed by atoms with Gasteiger partial charge in [-0.15, -0.1) is 12.6 Å². The van der Waals surface area contributed by atoms with Crippen molar-refractivity contribution in [2.24, 2.45) is 0 Å². The van der Waals surface area contributed by atoms with Gasteiger partial charge in [0.05, 0.1) is 12.7 Å². The lowest BCUT2D eigenvalue weighted by Gasteiger charge is -2.22. The predicted molar refractivity (Wildman–Crippen MR) is 101 cm³/mol. The summed E-state index contributed by atoms with van der Waals surface area (Å²) < 4.78 is 33.3. The molecule has 1 unspecified atom stereocenters. The largest absolute Gasteiger partial charge is 0.444 e. The van der Waals surface area contributed by atoms with E-state index in [1.54, 1.807) is 27.7 Å². The summed E-state index contributed by atoms with van der Waals surface area (Å²) in [6.07, 6.45) is -0.132. The van der Waals surface area contributed by atoms with E-state index in [9.17, 15) is 18.4 Å². The molecule has 2 aromatic rings. The van der Waals surface area contributed by atoms with E-state index in [-0.39, 0.29) is 17.4 Å². The van der Waals surface area contributed by atoms with E-state index in [2.05, 4.69) is 28.2 Å². The molecule has 10 heteroatoms. The maximum atomic E-state index is 13.4. The number of nitrogens with zero attached hydrogens (tertiary/aromatic N) is 2. The van der Waals surface area contributed by atoms with Gasteiger partial charge in [0.1, 0.15) is 29.1 Å². The van der Waals surface area contributed by atoms with Gasteiger partial charge in [-0.3, -0.25) is 4.79 Å². The van der Waals surface area contributed by atoms with Crippen molar-refractivity contribution in [2.75, 3.05) is 0 Å². The maximum Gasteiger partial charge on any atom is 0.409 e. The van der Waals surface area contributed by atoms with Gasteiger partial charge in [-0.2, -0.15) is 0 Å². The van der Waals surface area contributed by atoms with E-state index in [4.69, 9.17) is 4.74 Å². The molecule has 0 saturated heterocycles. The third-order valence-electron chi connectivity index (χ3n) is 3.41. The fourth-order valence-corrected chi connectivity index (χ4v) is 2.62. The predicted octanol–water partition coefficient (Wildman–Crippen LogP) is 3.10. The molecule has 2 amide bonds. The number of ether oxygens (including phenoxy) is 1. The smallest absolute Gasteiger partial charge is 0.409 e. The van der Waals surface area contributed by atoms with Crippen LogP contribution < -0.4 is 10.6 Å². The van der Waals surface area contributed by atoms with Crippen molar-refractivity contribution < 1.29 is 23.1 Å². The summed E-state index contributed by atoms with van der Waals surface area (Å²) in [6.45, 7) is 6.71. The Bertz CT molecular complexity index is 860. The molecule has 2 N–H and O–H groups in total. The van der Waals surface area contributed by atoms with Gasteiger partial charge in [-0.25, -0.2) is 18.6 Å². The molecule has 0 bridgehead atoms. The van der Waals surface area contributed by atoms with Crippen LogP contribution in [0.5, 0.6) is 0 Å². The SMILES string of the molecule is CC(NC(=O)OC(C)(C)C)NC(=O)c1cnc(S)n1Cc1cc(F)cc(F)c1. The lowest BCUT2D eigenvalue weighted by Crippen LogP contribution is -2.47. The number of thiol groups is 1. The summed E-state index contributed by atoms with van der Waals surface area (Å²) in [4.78, 5) is 28.3. The number of alkyl carbamates (subject to hydrolysis) is 1. The summed E-state index contributed by atoms with van der Waals surface area (Å²) >= 11 is 4.18. The first kappa shape index (κ1) is 21.7. The second-order valence-corrected chi connectivity index (χ2v) is 7.55. The molecule has 1 heterocycles. The fourth-order valence-electron chi connectivity index (χ4n) is 2.38. The van der Waals surface area contributed by atoms with Gasteiger partial charge in [0.25, 0.3) is 5.91 Å². The maximum absolute atomic E-state index is 13.4. The number of carbonyl (C=O) groups excluding carboxylic acids is 2. The minimum Gasteiger partial charge on any atom is -0.444 e. The highest BCUT2D eigenvalue weighted by Crippen LogP contribution is 2.15. The van der Waals surface area contributed by atoms with Crippen LogP contribution in [0.25, 0.3) is 0 Å². The van der Waals surface area contributed by atoms with Gasteiger partial charge in [-0.05, 0) is 45.4 Å². The number of hydrogen-bond donors (Lipinski definition) is 3. The highest BCUT2D eigenvalue weighted by Gasteiger charge is 2.21. The van der Waals surface area contributed by atoms with Crippen molar-refractivity contribution >= 4 is 24.6 Å². The van der Waals surface area contributed by atoms with Gasteiger partial charge in [0.15, 0.2) is 5.16 Å². The van der Waals surface area contributed by atoms with Crippen LogP contribution in [0.3, 0.4) is 0 Å². The second-order valence-electron chi connectivity index (χ2n) is 7.15. The number of hydrogen-bond acceptors (Lipinski definition) is 5. The van der Waals surface area contributed by atoms with E-state index < -0.39 is 35.4 Å². The second kappa shape index (κ2) is 8.59. The average molecular weight is 412 g/mol. The van der Waals surface area contributed by atoms with Crippen LogP contribution in [0.4, 0.5) is 13.6 Å². The van der Waals surface area contributed by atoms with E-state index in [1.807, 2.05) is 0 Å². The number of aromatic nitrogens is 2.